The van der Waals surface area contributed by atoms with Crippen molar-refractivity contribution in [1.29, 1.82) is 0 Å². The van der Waals surface area contributed by atoms with Crippen LogP contribution < -0.4 is 0 Å². The van der Waals surface area contributed by atoms with Gasteiger partial charge in [-0.3, -0.25) is 0 Å². The molecular formula is C20H22N2O4S. The van der Waals surface area contributed by atoms with Crippen LogP contribution in [0.25, 0.3) is 0 Å². The average molecular weight is 386 g/mol. The maximum atomic E-state index is 12.0. The third kappa shape index (κ3) is 4.54. The number of carbonyl (C=O) groups is 1. The van der Waals surface area contributed by atoms with Crippen LogP contribution in [0.5, 0.6) is 0 Å². The summed E-state index contributed by atoms with van der Waals surface area (Å²) in [6.45, 7) is 2.22. The van der Waals surface area contributed by atoms with Crippen molar-refractivity contribution in [3.63, 3.8) is 0 Å². The highest BCUT2D eigenvalue weighted by atomic mass is 32.1. The molecule has 1 saturated carbocycles. The molecular weight excluding hydrogens is 364 g/mol. The normalized spacial score (nSPS) is 19.5. The predicted molar refractivity (Wildman–Crippen MR) is 105 cm³/mol. The Morgan fingerprint density at radius 2 is 2.00 bits per heavy atom. The van der Waals surface area contributed by atoms with Gasteiger partial charge in [0, 0.05) is 27.8 Å². The first-order chi connectivity index (χ1) is 13.2. The minimum absolute atomic E-state index is 0.0971. The van der Waals surface area contributed by atoms with Crippen molar-refractivity contribution in [2.75, 3.05) is 14.2 Å². The van der Waals surface area contributed by atoms with Gasteiger partial charge < -0.3 is 14.4 Å². The Kier molecular flexibility index (Phi) is 6.24. The Balaban J connectivity index is 1.66. The van der Waals surface area contributed by atoms with Gasteiger partial charge in [0.05, 0.1) is 12.8 Å². The summed E-state index contributed by atoms with van der Waals surface area (Å²) >= 11 is 1.79. The first-order valence-electron chi connectivity index (χ1n) is 8.63. The zero-order chi connectivity index (χ0) is 19.2. The van der Waals surface area contributed by atoms with E-state index >= 15 is 0 Å². The number of nitrogens with zero attached hydrogens (tertiary/aromatic N) is 2. The summed E-state index contributed by atoms with van der Waals surface area (Å²) in [5.41, 5.74) is 2.47. The number of benzene rings is 1. The molecule has 1 aliphatic carbocycles. The van der Waals surface area contributed by atoms with Crippen LogP contribution in [0.1, 0.15) is 35.3 Å². The molecule has 7 heteroatoms. The van der Waals surface area contributed by atoms with E-state index in [1.165, 1.54) is 19.1 Å². The van der Waals surface area contributed by atoms with Crippen molar-refractivity contribution in [2.24, 2.45) is 16.2 Å². The van der Waals surface area contributed by atoms with Gasteiger partial charge in [0.1, 0.15) is 13.7 Å². The molecule has 142 valence electrons. The molecule has 0 radical (unpaired) electrons. The molecule has 2 aromatic rings. The minimum Gasteiger partial charge on any atom is -0.464 e. The summed E-state index contributed by atoms with van der Waals surface area (Å²) in [5, 5.41) is 10.2. The Bertz CT molecular complexity index is 845. The van der Waals surface area contributed by atoms with E-state index in [0.717, 1.165) is 17.7 Å². The third-order valence-corrected chi connectivity index (χ3v) is 5.50. The molecule has 6 nitrogen and oxygen atoms in total. The standard InChI is InChI=1S/C20H22N2O4S/c1-13(16-11-17(16)18-9-6-10-27-18)21-26-12-14-7-4-5-8-15(14)19(22-25-3)20(23)24-2/h4-10,16-17H,11-12H2,1-3H3/t16-,17+/m0/s1. The van der Waals surface area contributed by atoms with Crippen molar-refractivity contribution in [3.05, 3.63) is 57.8 Å². The number of carbonyl (C=O) groups excluding carboxylic acids is 1. The molecule has 0 N–H and O–H groups in total. The van der Waals surface area contributed by atoms with Crippen molar-refractivity contribution in [3.8, 4) is 0 Å². The van der Waals surface area contributed by atoms with Gasteiger partial charge in [-0.2, -0.15) is 0 Å². The van der Waals surface area contributed by atoms with E-state index in [2.05, 4.69) is 27.8 Å². The second-order valence-corrected chi connectivity index (χ2v) is 7.22. The van der Waals surface area contributed by atoms with Crippen LogP contribution in [-0.2, 0) is 25.8 Å². The number of esters is 1. The van der Waals surface area contributed by atoms with E-state index in [1.54, 1.807) is 17.4 Å². The second-order valence-electron chi connectivity index (χ2n) is 6.24. The van der Waals surface area contributed by atoms with Crippen LogP contribution in [0.2, 0.25) is 0 Å². The SMILES string of the molecule is CON=C(C(=O)OC)c1ccccc1CON=C(C)[C@@H]1C[C@H]1c1cccs1. The van der Waals surface area contributed by atoms with Gasteiger partial charge in [-0.05, 0) is 24.8 Å². The molecule has 27 heavy (non-hydrogen) atoms. The van der Waals surface area contributed by atoms with Crippen molar-refractivity contribution < 1.29 is 19.2 Å². The van der Waals surface area contributed by atoms with Gasteiger partial charge in [0.15, 0.2) is 5.71 Å². The van der Waals surface area contributed by atoms with Crippen LogP contribution in [-0.4, -0.2) is 31.6 Å². The Morgan fingerprint density at radius 3 is 2.70 bits per heavy atom. The Labute approximate surface area is 162 Å². The molecule has 0 bridgehead atoms. The second kappa shape index (κ2) is 8.81. The maximum absolute atomic E-state index is 12.0. The Morgan fingerprint density at radius 1 is 1.19 bits per heavy atom. The summed E-state index contributed by atoms with van der Waals surface area (Å²) < 4.78 is 4.79. The quantitative estimate of drug-likeness (QED) is 0.391. The summed E-state index contributed by atoms with van der Waals surface area (Å²) in [7, 11) is 2.69. The average Bonchev–Trinajstić information content (AvgIpc) is 3.31. The lowest BCUT2D eigenvalue weighted by molar-refractivity contribution is -0.132. The molecule has 3 rings (SSSR count). The molecule has 0 aliphatic heterocycles. The molecule has 0 saturated heterocycles. The molecule has 0 amide bonds. The largest absolute Gasteiger partial charge is 0.464 e. The van der Waals surface area contributed by atoms with E-state index < -0.39 is 5.97 Å². The third-order valence-electron chi connectivity index (χ3n) is 4.50. The number of hydrogen-bond acceptors (Lipinski definition) is 7. The van der Waals surface area contributed by atoms with Crippen LogP contribution in [0.4, 0.5) is 0 Å². The van der Waals surface area contributed by atoms with E-state index in [0.29, 0.717) is 17.4 Å². The topological polar surface area (TPSA) is 69.5 Å². The zero-order valence-electron chi connectivity index (χ0n) is 15.5. The lowest BCUT2D eigenvalue weighted by Gasteiger charge is -2.09. The minimum atomic E-state index is -0.569. The molecule has 0 unspecified atom stereocenters. The summed E-state index contributed by atoms with van der Waals surface area (Å²) in [6, 6.07) is 11.6. The van der Waals surface area contributed by atoms with E-state index in [1.807, 2.05) is 25.1 Å². The zero-order valence-corrected chi connectivity index (χ0v) is 16.4. The fourth-order valence-corrected chi connectivity index (χ4v) is 3.91. The smallest absolute Gasteiger partial charge is 0.360 e. The van der Waals surface area contributed by atoms with Gasteiger partial charge in [0.2, 0.25) is 0 Å². The van der Waals surface area contributed by atoms with Gasteiger partial charge in [-0.1, -0.05) is 40.6 Å². The highest BCUT2D eigenvalue weighted by Gasteiger charge is 2.41. The summed E-state index contributed by atoms with van der Waals surface area (Å²) in [4.78, 5) is 23.7. The predicted octanol–water partition coefficient (Wildman–Crippen LogP) is 3.97. The summed E-state index contributed by atoms with van der Waals surface area (Å²) in [5.74, 6) is 0.435. The molecule has 1 fully saturated rings. The molecule has 2 atom stereocenters. The Hall–Kier alpha value is -2.67. The molecule has 1 aliphatic rings. The fourth-order valence-electron chi connectivity index (χ4n) is 3.01. The van der Waals surface area contributed by atoms with E-state index in [4.69, 9.17) is 14.4 Å². The van der Waals surface area contributed by atoms with E-state index in [9.17, 15) is 4.79 Å². The van der Waals surface area contributed by atoms with Gasteiger partial charge >= 0.3 is 5.97 Å². The number of oxime groups is 2. The van der Waals surface area contributed by atoms with Gasteiger partial charge in [-0.15, -0.1) is 11.3 Å². The number of rotatable bonds is 8. The number of thiophene rings is 1. The van der Waals surface area contributed by atoms with Crippen LogP contribution >= 0.6 is 11.3 Å². The lowest BCUT2D eigenvalue weighted by Crippen LogP contribution is -2.19. The molecule has 0 spiro atoms. The molecule has 1 aromatic heterocycles. The summed E-state index contributed by atoms with van der Waals surface area (Å²) in [6.07, 6.45) is 1.11. The molecule has 1 heterocycles. The fraction of sp³-hybridized carbons (Fsp3) is 0.350. The first-order valence-corrected chi connectivity index (χ1v) is 9.51. The van der Waals surface area contributed by atoms with Crippen LogP contribution in [0.15, 0.2) is 52.1 Å². The molecule has 1 aromatic carbocycles. The van der Waals surface area contributed by atoms with Crippen molar-refractivity contribution in [1.82, 2.24) is 0 Å². The van der Waals surface area contributed by atoms with Gasteiger partial charge in [-0.25, -0.2) is 4.79 Å². The maximum Gasteiger partial charge on any atom is 0.360 e. The van der Waals surface area contributed by atoms with Crippen LogP contribution in [0.3, 0.4) is 0 Å². The van der Waals surface area contributed by atoms with Crippen molar-refractivity contribution >= 4 is 28.7 Å². The van der Waals surface area contributed by atoms with Gasteiger partial charge in [0.25, 0.3) is 0 Å². The highest BCUT2D eigenvalue weighted by molar-refractivity contribution is 7.10. The van der Waals surface area contributed by atoms with Crippen LogP contribution in [0, 0.1) is 5.92 Å². The first kappa shape index (κ1) is 19.1. The van der Waals surface area contributed by atoms with Crippen molar-refractivity contribution in [2.45, 2.75) is 25.9 Å². The number of methoxy groups -OCH3 is 1. The highest BCUT2D eigenvalue weighted by Crippen LogP contribution is 2.49. The monoisotopic (exact) mass is 386 g/mol. The lowest BCUT2D eigenvalue weighted by atomic mass is 10.0. The number of hydrogen-bond donors (Lipinski definition) is 0. The number of ether oxygens (including phenoxy) is 1. The van der Waals surface area contributed by atoms with E-state index in [-0.39, 0.29) is 12.3 Å².